The van der Waals surface area contributed by atoms with Crippen LogP contribution in [0.4, 0.5) is 0 Å². The highest BCUT2D eigenvalue weighted by molar-refractivity contribution is 5.28. The van der Waals surface area contributed by atoms with Crippen LogP contribution >= 0.6 is 0 Å². The molecule has 2 aliphatic heterocycles. The molecule has 0 radical (unpaired) electrons. The Bertz CT molecular complexity index is 470. The van der Waals surface area contributed by atoms with Gasteiger partial charge in [-0.3, -0.25) is 0 Å². The number of nitrogens with one attached hydrogen (secondary N) is 1. The molecule has 0 unspecified atom stereocenters. The molecule has 0 bridgehead atoms. The normalized spacial score (nSPS) is 22.0. The van der Waals surface area contributed by atoms with Crippen LogP contribution < -0.4 is 5.32 Å². The summed E-state index contributed by atoms with van der Waals surface area (Å²) in [5.74, 6) is 0.844. The van der Waals surface area contributed by atoms with E-state index in [2.05, 4.69) is 12.2 Å². The number of nitrogens with zero attached hydrogens (tertiary/aromatic N) is 2. The summed E-state index contributed by atoms with van der Waals surface area (Å²) in [6, 6.07) is 0. The van der Waals surface area contributed by atoms with E-state index in [1.807, 2.05) is 0 Å². The lowest BCUT2D eigenvalue weighted by Gasteiger charge is -2.35. The minimum atomic E-state index is -0.358. The van der Waals surface area contributed by atoms with Gasteiger partial charge in [0.15, 0.2) is 5.82 Å². The minimum Gasteiger partial charge on any atom is -0.381 e. The smallest absolute Gasteiger partial charge is 0.160 e. The third kappa shape index (κ3) is 2.26. The second-order valence-electron chi connectivity index (χ2n) is 5.30. The third-order valence-corrected chi connectivity index (χ3v) is 4.24. The number of rotatable bonds is 2. The topological polar surface area (TPSA) is 56.3 Å². The summed E-state index contributed by atoms with van der Waals surface area (Å²) >= 11 is 0. The average Bonchev–Trinajstić information content (AvgIpc) is 2.48. The highest BCUT2D eigenvalue weighted by Gasteiger charge is 2.38. The SMILES string of the molecule is COC1(c2nc(C)c3c(n2)CCNC3)CCOCC1. The number of aryl methyl sites for hydroxylation is 1. The highest BCUT2D eigenvalue weighted by Crippen LogP contribution is 2.34. The number of methoxy groups -OCH3 is 1. The quantitative estimate of drug-likeness (QED) is 0.865. The highest BCUT2D eigenvalue weighted by atomic mass is 16.5. The second-order valence-corrected chi connectivity index (χ2v) is 5.30. The zero-order valence-electron chi connectivity index (χ0n) is 11.7. The Hall–Kier alpha value is -1.04. The van der Waals surface area contributed by atoms with Crippen molar-refractivity contribution in [1.82, 2.24) is 15.3 Å². The standard InChI is InChI=1S/C14H21N3O2/c1-10-11-9-15-6-3-12(11)17-13(16-10)14(18-2)4-7-19-8-5-14/h15H,3-9H2,1-2H3. The van der Waals surface area contributed by atoms with Crippen molar-refractivity contribution in [2.75, 3.05) is 26.9 Å². The van der Waals surface area contributed by atoms with Gasteiger partial charge in [-0.2, -0.15) is 0 Å². The Balaban J connectivity index is 2.02. The molecule has 0 aliphatic carbocycles. The molecule has 3 rings (SSSR count). The van der Waals surface area contributed by atoms with Crippen molar-refractivity contribution in [3.63, 3.8) is 0 Å². The predicted octanol–water partition coefficient (Wildman–Crippen LogP) is 1.08. The first-order valence-electron chi connectivity index (χ1n) is 6.96. The number of hydrogen-bond acceptors (Lipinski definition) is 5. The molecule has 2 aliphatic rings. The number of hydrogen-bond donors (Lipinski definition) is 1. The Morgan fingerprint density at radius 1 is 1.26 bits per heavy atom. The molecule has 5 heteroatoms. The van der Waals surface area contributed by atoms with Crippen LogP contribution in [-0.2, 0) is 28.0 Å². The van der Waals surface area contributed by atoms with Crippen molar-refractivity contribution in [1.29, 1.82) is 0 Å². The molecule has 1 aromatic heterocycles. The summed E-state index contributed by atoms with van der Waals surface area (Å²) in [5.41, 5.74) is 3.16. The average molecular weight is 263 g/mol. The first-order chi connectivity index (χ1) is 9.25. The van der Waals surface area contributed by atoms with Gasteiger partial charge in [0.1, 0.15) is 5.60 Å². The van der Waals surface area contributed by atoms with Gasteiger partial charge in [-0.1, -0.05) is 0 Å². The molecule has 0 amide bonds. The molecule has 0 saturated carbocycles. The van der Waals surface area contributed by atoms with Gasteiger partial charge in [-0.25, -0.2) is 9.97 Å². The lowest BCUT2D eigenvalue weighted by molar-refractivity contribution is -0.100. The van der Waals surface area contributed by atoms with Gasteiger partial charge in [0.25, 0.3) is 0 Å². The Kier molecular flexibility index (Phi) is 3.52. The number of ether oxygens (including phenoxy) is 2. The fourth-order valence-corrected chi connectivity index (χ4v) is 2.94. The minimum absolute atomic E-state index is 0.358. The summed E-state index contributed by atoms with van der Waals surface area (Å²) in [4.78, 5) is 9.53. The molecule has 104 valence electrons. The van der Waals surface area contributed by atoms with Crippen LogP contribution in [0.1, 0.15) is 35.6 Å². The Morgan fingerprint density at radius 2 is 2.05 bits per heavy atom. The van der Waals surface area contributed by atoms with Crippen LogP contribution in [0.3, 0.4) is 0 Å². The molecule has 19 heavy (non-hydrogen) atoms. The predicted molar refractivity (Wildman–Crippen MR) is 70.9 cm³/mol. The lowest BCUT2D eigenvalue weighted by Crippen LogP contribution is -2.38. The van der Waals surface area contributed by atoms with Gasteiger partial charge in [-0.15, -0.1) is 0 Å². The molecule has 0 atom stereocenters. The second kappa shape index (κ2) is 5.15. The molecule has 1 saturated heterocycles. The molecule has 3 heterocycles. The fraction of sp³-hybridized carbons (Fsp3) is 0.714. The monoisotopic (exact) mass is 263 g/mol. The van der Waals surface area contributed by atoms with Gasteiger partial charge in [-0.05, 0) is 6.92 Å². The van der Waals surface area contributed by atoms with E-state index in [1.165, 1.54) is 11.3 Å². The fourth-order valence-electron chi connectivity index (χ4n) is 2.94. The molecular formula is C14H21N3O2. The maximum absolute atomic E-state index is 5.79. The molecule has 5 nitrogen and oxygen atoms in total. The lowest BCUT2D eigenvalue weighted by atomic mass is 9.92. The maximum Gasteiger partial charge on any atom is 0.160 e. The van der Waals surface area contributed by atoms with E-state index in [0.717, 1.165) is 57.1 Å². The van der Waals surface area contributed by atoms with Crippen molar-refractivity contribution in [3.05, 3.63) is 22.8 Å². The largest absolute Gasteiger partial charge is 0.381 e. The summed E-state index contributed by atoms with van der Waals surface area (Å²) in [5, 5.41) is 3.37. The summed E-state index contributed by atoms with van der Waals surface area (Å²) in [6.07, 6.45) is 2.64. The molecule has 1 aromatic rings. The molecule has 0 spiro atoms. The molecule has 0 aromatic carbocycles. The van der Waals surface area contributed by atoms with Gasteiger partial charge in [0, 0.05) is 63.9 Å². The van der Waals surface area contributed by atoms with Crippen LogP contribution in [0.15, 0.2) is 0 Å². The summed E-state index contributed by atoms with van der Waals surface area (Å²) in [6.45, 7) is 5.38. The van der Waals surface area contributed by atoms with Crippen molar-refractivity contribution in [3.8, 4) is 0 Å². The van der Waals surface area contributed by atoms with Crippen molar-refractivity contribution < 1.29 is 9.47 Å². The first-order valence-corrected chi connectivity index (χ1v) is 6.96. The molecule has 1 N–H and O–H groups in total. The first kappa shape index (κ1) is 13.0. The van der Waals surface area contributed by atoms with Gasteiger partial charge < -0.3 is 14.8 Å². The molecule has 1 fully saturated rings. The Labute approximate surface area is 113 Å². The van der Waals surface area contributed by atoms with Crippen molar-refractivity contribution >= 4 is 0 Å². The van der Waals surface area contributed by atoms with E-state index in [1.54, 1.807) is 7.11 Å². The van der Waals surface area contributed by atoms with Crippen LogP contribution in [0.5, 0.6) is 0 Å². The van der Waals surface area contributed by atoms with E-state index in [9.17, 15) is 0 Å². The van der Waals surface area contributed by atoms with Crippen molar-refractivity contribution in [2.45, 2.75) is 38.3 Å². The maximum atomic E-state index is 5.79. The third-order valence-electron chi connectivity index (χ3n) is 4.24. The number of aromatic nitrogens is 2. The van der Waals surface area contributed by atoms with E-state index >= 15 is 0 Å². The van der Waals surface area contributed by atoms with Gasteiger partial charge >= 0.3 is 0 Å². The van der Waals surface area contributed by atoms with Crippen LogP contribution in [0.2, 0.25) is 0 Å². The number of fused-ring (bicyclic) bond motifs is 1. The van der Waals surface area contributed by atoms with Crippen molar-refractivity contribution in [2.24, 2.45) is 0 Å². The van der Waals surface area contributed by atoms with Crippen LogP contribution in [0.25, 0.3) is 0 Å². The van der Waals surface area contributed by atoms with E-state index in [-0.39, 0.29) is 5.60 Å². The zero-order valence-corrected chi connectivity index (χ0v) is 11.7. The van der Waals surface area contributed by atoms with E-state index < -0.39 is 0 Å². The van der Waals surface area contributed by atoms with Gasteiger partial charge in [0.05, 0.1) is 5.69 Å². The molecular weight excluding hydrogens is 242 g/mol. The summed E-state index contributed by atoms with van der Waals surface area (Å²) in [7, 11) is 1.75. The Morgan fingerprint density at radius 3 is 2.79 bits per heavy atom. The van der Waals surface area contributed by atoms with Gasteiger partial charge in [0.2, 0.25) is 0 Å². The zero-order chi connectivity index (χ0) is 13.3. The van der Waals surface area contributed by atoms with Crippen LogP contribution in [-0.4, -0.2) is 36.8 Å². The van der Waals surface area contributed by atoms with E-state index in [0.29, 0.717) is 0 Å². The summed E-state index contributed by atoms with van der Waals surface area (Å²) < 4.78 is 11.2. The van der Waals surface area contributed by atoms with Crippen LogP contribution in [0, 0.1) is 6.92 Å². The van der Waals surface area contributed by atoms with E-state index in [4.69, 9.17) is 19.4 Å².